The lowest BCUT2D eigenvalue weighted by molar-refractivity contribution is 0.262. The zero-order valence-electron chi connectivity index (χ0n) is 17.1. The first kappa shape index (κ1) is 22.9. The van der Waals surface area contributed by atoms with Gasteiger partial charge in [0.1, 0.15) is 0 Å². The van der Waals surface area contributed by atoms with Crippen LogP contribution in [0, 0.1) is 20.8 Å². The van der Waals surface area contributed by atoms with Gasteiger partial charge in [0.15, 0.2) is 0 Å². The van der Waals surface area contributed by atoms with Crippen LogP contribution in [0.4, 0.5) is 21.9 Å². The molecule has 3 N–H and O–H groups in total. The van der Waals surface area contributed by atoms with Gasteiger partial charge >= 0.3 is 6.03 Å². The van der Waals surface area contributed by atoms with Crippen molar-refractivity contribution in [3.05, 3.63) is 81.3 Å². The Morgan fingerprint density at radius 3 is 1.94 bits per heavy atom. The molecular weight excluding hydrogens is 457 g/mol. The number of rotatable bonds is 5. The van der Waals surface area contributed by atoms with Crippen molar-refractivity contribution < 1.29 is 13.2 Å². The van der Waals surface area contributed by atoms with Crippen molar-refractivity contribution in [2.24, 2.45) is 0 Å². The normalized spacial score (nSPS) is 11.1. The van der Waals surface area contributed by atoms with E-state index in [0.29, 0.717) is 5.69 Å². The Hall–Kier alpha value is -2.74. The molecule has 2 amide bonds. The summed E-state index contributed by atoms with van der Waals surface area (Å²) in [5, 5.41) is 5.83. The molecule has 0 aliphatic carbocycles. The third-order valence-corrected chi connectivity index (χ3v) is 6.67. The Morgan fingerprint density at radius 1 is 0.806 bits per heavy atom. The number of nitrogens with one attached hydrogen (secondary N) is 3. The molecule has 0 fully saturated rings. The van der Waals surface area contributed by atoms with E-state index in [0.717, 1.165) is 16.7 Å². The largest absolute Gasteiger partial charge is 0.323 e. The van der Waals surface area contributed by atoms with Crippen LogP contribution in [0.1, 0.15) is 16.7 Å². The molecule has 0 saturated carbocycles. The molecule has 0 saturated heterocycles. The van der Waals surface area contributed by atoms with Crippen LogP contribution >= 0.6 is 23.2 Å². The number of amides is 2. The SMILES string of the molecule is Cc1ccc(S(=O)(=O)Nc2cc(C)c(C)cc2NC(=O)Nc2c(Cl)cccc2Cl)cc1. The van der Waals surface area contributed by atoms with E-state index in [1.54, 1.807) is 42.5 Å². The highest BCUT2D eigenvalue weighted by Crippen LogP contribution is 2.31. The van der Waals surface area contributed by atoms with E-state index < -0.39 is 16.1 Å². The number of sulfonamides is 1. The smallest absolute Gasteiger partial charge is 0.306 e. The van der Waals surface area contributed by atoms with Gasteiger partial charge in [-0.2, -0.15) is 0 Å². The van der Waals surface area contributed by atoms with E-state index in [1.807, 2.05) is 20.8 Å². The van der Waals surface area contributed by atoms with Gasteiger partial charge in [0, 0.05) is 0 Å². The van der Waals surface area contributed by atoms with Gasteiger partial charge in [-0.3, -0.25) is 4.72 Å². The second-order valence-electron chi connectivity index (χ2n) is 7.08. The van der Waals surface area contributed by atoms with Crippen LogP contribution in [0.15, 0.2) is 59.5 Å². The fourth-order valence-electron chi connectivity index (χ4n) is 2.81. The third-order valence-electron chi connectivity index (χ3n) is 4.66. The summed E-state index contributed by atoms with van der Waals surface area (Å²) in [6.07, 6.45) is 0. The number of urea groups is 1. The van der Waals surface area contributed by atoms with Crippen LogP contribution in [0.2, 0.25) is 10.0 Å². The van der Waals surface area contributed by atoms with Crippen LogP contribution in [0.5, 0.6) is 0 Å². The fourth-order valence-corrected chi connectivity index (χ4v) is 4.37. The van der Waals surface area contributed by atoms with Gasteiger partial charge in [-0.1, -0.05) is 47.0 Å². The summed E-state index contributed by atoms with van der Waals surface area (Å²) in [6, 6.07) is 14.1. The van der Waals surface area contributed by atoms with Gasteiger partial charge in [0.2, 0.25) is 0 Å². The summed E-state index contributed by atoms with van der Waals surface area (Å²) in [4.78, 5) is 12.7. The maximum atomic E-state index is 12.9. The molecule has 0 aliphatic heterocycles. The van der Waals surface area contributed by atoms with Crippen LogP contribution in [0.3, 0.4) is 0 Å². The fraction of sp³-hybridized carbons (Fsp3) is 0.136. The Bertz CT molecular complexity index is 1220. The highest BCUT2D eigenvalue weighted by molar-refractivity contribution is 7.92. The second kappa shape index (κ2) is 9.18. The molecule has 6 nitrogen and oxygen atoms in total. The van der Waals surface area contributed by atoms with Crippen molar-refractivity contribution in [3.63, 3.8) is 0 Å². The van der Waals surface area contributed by atoms with Gasteiger partial charge in [-0.05, 0) is 68.3 Å². The van der Waals surface area contributed by atoms with Gasteiger partial charge < -0.3 is 10.6 Å². The van der Waals surface area contributed by atoms with Crippen LogP contribution in [-0.2, 0) is 10.0 Å². The standard InChI is InChI=1S/C22H21Cl2N3O3S/c1-13-7-9-16(10-8-13)31(29,30)27-20-12-15(3)14(2)11-19(20)25-22(28)26-21-17(23)5-4-6-18(21)24/h4-12,27H,1-3H3,(H2,25,26,28). The highest BCUT2D eigenvalue weighted by atomic mass is 35.5. The van der Waals surface area contributed by atoms with Crippen LogP contribution in [0.25, 0.3) is 0 Å². The predicted octanol–water partition coefficient (Wildman–Crippen LogP) is 6.36. The minimum atomic E-state index is -3.85. The van der Waals surface area contributed by atoms with E-state index in [-0.39, 0.29) is 26.3 Å². The van der Waals surface area contributed by atoms with Crippen LogP contribution < -0.4 is 15.4 Å². The maximum absolute atomic E-state index is 12.9. The van der Waals surface area contributed by atoms with Gasteiger partial charge in [0.25, 0.3) is 10.0 Å². The average Bonchev–Trinajstić information content (AvgIpc) is 2.69. The topological polar surface area (TPSA) is 87.3 Å². The number of aryl methyl sites for hydroxylation is 3. The summed E-state index contributed by atoms with van der Waals surface area (Å²) < 4.78 is 28.3. The molecule has 31 heavy (non-hydrogen) atoms. The minimum absolute atomic E-state index is 0.120. The molecule has 0 bridgehead atoms. The summed E-state index contributed by atoms with van der Waals surface area (Å²) in [5.41, 5.74) is 3.48. The van der Waals surface area contributed by atoms with Gasteiger partial charge in [-0.25, -0.2) is 13.2 Å². The monoisotopic (exact) mass is 477 g/mol. The molecule has 3 aromatic rings. The molecule has 0 aromatic heterocycles. The lowest BCUT2D eigenvalue weighted by Crippen LogP contribution is -2.22. The number of hydrogen-bond donors (Lipinski definition) is 3. The lowest BCUT2D eigenvalue weighted by Gasteiger charge is -2.17. The summed E-state index contributed by atoms with van der Waals surface area (Å²) in [7, 11) is -3.85. The van der Waals surface area contributed by atoms with E-state index in [9.17, 15) is 13.2 Å². The van der Waals surface area contributed by atoms with Crippen molar-refractivity contribution in [3.8, 4) is 0 Å². The Morgan fingerprint density at radius 2 is 1.35 bits per heavy atom. The Balaban J connectivity index is 1.90. The first-order valence-electron chi connectivity index (χ1n) is 9.29. The first-order chi connectivity index (χ1) is 14.6. The predicted molar refractivity (Wildman–Crippen MR) is 127 cm³/mol. The summed E-state index contributed by atoms with van der Waals surface area (Å²) >= 11 is 12.2. The van der Waals surface area contributed by atoms with Crippen molar-refractivity contribution in [1.29, 1.82) is 0 Å². The molecule has 0 aliphatic rings. The van der Waals surface area contributed by atoms with Gasteiger partial charge in [0.05, 0.1) is 32.0 Å². The molecule has 0 heterocycles. The van der Waals surface area contributed by atoms with Crippen molar-refractivity contribution in [1.82, 2.24) is 0 Å². The molecular formula is C22H21Cl2N3O3S. The maximum Gasteiger partial charge on any atom is 0.323 e. The summed E-state index contributed by atoms with van der Waals surface area (Å²) in [6.45, 7) is 5.59. The van der Waals surface area contributed by atoms with E-state index >= 15 is 0 Å². The zero-order chi connectivity index (χ0) is 22.8. The second-order valence-corrected chi connectivity index (χ2v) is 9.57. The van der Waals surface area contributed by atoms with Crippen LogP contribution in [-0.4, -0.2) is 14.4 Å². The van der Waals surface area contributed by atoms with E-state index in [2.05, 4.69) is 15.4 Å². The molecule has 3 aromatic carbocycles. The number of hydrogen-bond acceptors (Lipinski definition) is 3. The number of para-hydroxylation sites is 1. The molecule has 9 heteroatoms. The third kappa shape index (κ3) is 5.50. The summed E-state index contributed by atoms with van der Waals surface area (Å²) in [5.74, 6) is 0. The van der Waals surface area contributed by atoms with Crippen molar-refractivity contribution in [2.45, 2.75) is 25.7 Å². The van der Waals surface area contributed by atoms with Crippen molar-refractivity contribution in [2.75, 3.05) is 15.4 Å². The number of benzene rings is 3. The average molecular weight is 478 g/mol. The van der Waals surface area contributed by atoms with E-state index in [1.165, 1.54) is 12.1 Å². The first-order valence-corrected chi connectivity index (χ1v) is 11.5. The number of halogens is 2. The molecule has 0 radical (unpaired) electrons. The number of carbonyl (C=O) groups excluding carboxylic acids is 1. The number of carbonyl (C=O) groups is 1. The Kier molecular flexibility index (Phi) is 6.79. The molecule has 0 spiro atoms. The molecule has 162 valence electrons. The molecule has 3 rings (SSSR count). The minimum Gasteiger partial charge on any atom is -0.306 e. The molecule has 0 atom stereocenters. The highest BCUT2D eigenvalue weighted by Gasteiger charge is 2.18. The Labute approximate surface area is 191 Å². The van der Waals surface area contributed by atoms with E-state index in [4.69, 9.17) is 23.2 Å². The number of anilines is 3. The lowest BCUT2D eigenvalue weighted by atomic mass is 10.1. The van der Waals surface area contributed by atoms with Crippen molar-refractivity contribution >= 4 is 56.3 Å². The molecule has 0 unspecified atom stereocenters. The van der Waals surface area contributed by atoms with Gasteiger partial charge in [-0.15, -0.1) is 0 Å². The quantitative estimate of drug-likeness (QED) is 0.399. The zero-order valence-corrected chi connectivity index (χ0v) is 19.4.